The van der Waals surface area contributed by atoms with E-state index < -0.39 is 5.91 Å². The van der Waals surface area contributed by atoms with Gasteiger partial charge in [0.2, 0.25) is 0 Å². The minimum atomic E-state index is -0.567. The lowest BCUT2D eigenvalue weighted by Gasteiger charge is -2.17. The zero-order valence-corrected chi connectivity index (χ0v) is 19.2. The summed E-state index contributed by atoms with van der Waals surface area (Å²) in [5.74, 6) is 0.518. The smallest absolute Gasteiger partial charge is 0.266 e. The van der Waals surface area contributed by atoms with Crippen molar-refractivity contribution in [1.82, 2.24) is 0 Å². The number of rotatable bonds is 7. The Labute approximate surface area is 188 Å². The molecule has 0 aliphatic heterocycles. The van der Waals surface area contributed by atoms with E-state index in [0.717, 1.165) is 0 Å². The van der Waals surface area contributed by atoms with Gasteiger partial charge in [0.15, 0.2) is 11.5 Å². The number of amides is 1. The summed E-state index contributed by atoms with van der Waals surface area (Å²) in [5, 5.41) is 12.8. The van der Waals surface area contributed by atoms with E-state index in [4.69, 9.17) is 32.7 Å². The van der Waals surface area contributed by atoms with Crippen LogP contribution in [-0.2, 0) is 4.79 Å². The van der Waals surface area contributed by atoms with Crippen LogP contribution in [0.1, 0.15) is 26.3 Å². The lowest BCUT2D eigenvalue weighted by atomic mass is 10.1. The van der Waals surface area contributed by atoms with Crippen molar-refractivity contribution in [2.45, 2.75) is 26.9 Å². The van der Waals surface area contributed by atoms with Crippen LogP contribution in [-0.4, -0.2) is 18.6 Å². The molecule has 0 unspecified atom stereocenters. The van der Waals surface area contributed by atoms with E-state index in [0.29, 0.717) is 43.9 Å². The van der Waals surface area contributed by atoms with Crippen LogP contribution < -0.4 is 14.8 Å². The van der Waals surface area contributed by atoms with Gasteiger partial charge in [0, 0.05) is 5.69 Å². The highest BCUT2D eigenvalue weighted by Gasteiger charge is 2.15. The van der Waals surface area contributed by atoms with Gasteiger partial charge in [-0.1, -0.05) is 23.2 Å². The highest BCUT2D eigenvalue weighted by atomic mass is 79.9. The summed E-state index contributed by atoms with van der Waals surface area (Å²) in [7, 11) is 0. The van der Waals surface area contributed by atoms with E-state index >= 15 is 0 Å². The molecule has 1 N–H and O–H groups in total. The molecule has 0 atom stereocenters. The first-order chi connectivity index (χ1) is 13.7. The molecular weight excluding hydrogens is 479 g/mol. The largest absolute Gasteiger partial charge is 0.490 e. The second-order valence-corrected chi connectivity index (χ2v) is 7.85. The molecule has 0 saturated heterocycles. The molecule has 29 heavy (non-hydrogen) atoms. The SMILES string of the molecule is CCOc1cc(/C=C(\C#N)C(=O)Nc2ccc(Cl)c(Cl)c2)cc(Br)c1OC(C)C. The van der Waals surface area contributed by atoms with Crippen LogP contribution in [0.3, 0.4) is 0 Å². The third-order valence-corrected chi connectivity index (χ3v) is 4.87. The molecule has 1 amide bonds. The second-order valence-electron chi connectivity index (χ2n) is 6.18. The Bertz CT molecular complexity index is 985. The molecule has 0 heterocycles. The molecule has 0 aliphatic carbocycles. The van der Waals surface area contributed by atoms with Gasteiger partial charge in [-0.3, -0.25) is 4.79 Å². The number of benzene rings is 2. The third kappa shape index (κ3) is 6.40. The zero-order chi connectivity index (χ0) is 21.6. The van der Waals surface area contributed by atoms with Crippen LogP contribution in [0.5, 0.6) is 11.5 Å². The number of halogens is 3. The van der Waals surface area contributed by atoms with Crippen molar-refractivity contribution in [2.75, 3.05) is 11.9 Å². The fourth-order valence-corrected chi connectivity index (χ4v) is 3.22. The number of nitrogens with zero attached hydrogens (tertiary/aromatic N) is 1. The predicted octanol–water partition coefficient (Wildman–Crippen LogP) is 6.49. The van der Waals surface area contributed by atoms with E-state index in [1.807, 2.05) is 26.8 Å². The van der Waals surface area contributed by atoms with E-state index in [1.165, 1.54) is 12.1 Å². The molecule has 0 saturated carbocycles. The molecule has 2 aromatic carbocycles. The summed E-state index contributed by atoms with van der Waals surface area (Å²) in [6.07, 6.45) is 1.43. The summed E-state index contributed by atoms with van der Waals surface area (Å²) in [5.41, 5.74) is 0.961. The van der Waals surface area contributed by atoms with Crippen LogP contribution in [0.4, 0.5) is 5.69 Å². The van der Waals surface area contributed by atoms with E-state index in [1.54, 1.807) is 24.3 Å². The molecule has 0 fully saturated rings. The van der Waals surface area contributed by atoms with Crippen molar-refractivity contribution in [1.29, 1.82) is 5.26 Å². The Kier molecular flexibility index (Phi) is 8.39. The molecule has 0 aromatic heterocycles. The Hall–Kier alpha value is -2.20. The molecule has 0 radical (unpaired) electrons. The van der Waals surface area contributed by atoms with Gasteiger partial charge in [0.05, 0.1) is 27.2 Å². The standard InChI is InChI=1S/C21H19BrCl2N2O3/c1-4-28-19-9-13(8-16(22)20(19)29-12(2)3)7-14(11-25)21(27)26-15-5-6-17(23)18(24)10-15/h5-10,12H,4H2,1-3H3,(H,26,27)/b14-7+. The van der Waals surface area contributed by atoms with Crippen molar-refractivity contribution >= 4 is 56.8 Å². The maximum Gasteiger partial charge on any atom is 0.266 e. The van der Waals surface area contributed by atoms with Crippen molar-refractivity contribution in [3.05, 3.63) is 56.0 Å². The molecule has 2 aromatic rings. The maximum absolute atomic E-state index is 12.5. The number of nitrogens with one attached hydrogen (secondary N) is 1. The average molecular weight is 498 g/mol. The van der Waals surface area contributed by atoms with Crippen molar-refractivity contribution in [3.8, 4) is 17.6 Å². The van der Waals surface area contributed by atoms with Crippen LogP contribution in [0.2, 0.25) is 10.0 Å². The first-order valence-electron chi connectivity index (χ1n) is 8.76. The summed E-state index contributed by atoms with van der Waals surface area (Å²) in [6.45, 7) is 6.13. The number of carbonyl (C=O) groups excluding carboxylic acids is 1. The van der Waals surface area contributed by atoms with E-state index in [9.17, 15) is 10.1 Å². The van der Waals surface area contributed by atoms with Crippen LogP contribution in [0.15, 0.2) is 40.4 Å². The van der Waals surface area contributed by atoms with Crippen molar-refractivity contribution in [3.63, 3.8) is 0 Å². The number of ether oxygens (including phenoxy) is 2. The number of hydrogen-bond acceptors (Lipinski definition) is 4. The van der Waals surface area contributed by atoms with Crippen LogP contribution >= 0.6 is 39.1 Å². The first-order valence-corrected chi connectivity index (χ1v) is 10.3. The summed E-state index contributed by atoms with van der Waals surface area (Å²) < 4.78 is 12.1. The highest BCUT2D eigenvalue weighted by molar-refractivity contribution is 9.10. The predicted molar refractivity (Wildman–Crippen MR) is 120 cm³/mol. The summed E-state index contributed by atoms with van der Waals surface area (Å²) >= 11 is 15.3. The highest BCUT2D eigenvalue weighted by Crippen LogP contribution is 2.38. The zero-order valence-electron chi connectivity index (χ0n) is 16.1. The van der Waals surface area contributed by atoms with Gasteiger partial charge in [0.1, 0.15) is 11.6 Å². The third-order valence-electron chi connectivity index (χ3n) is 3.54. The number of carbonyl (C=O) groups is 1. The second kappa shape index (κ2) is 10.5. The number of hydrogen-bond donors (Lipinski definition) is 1. The molecule has 152 valence electrons. The van der Waals surface area contributed by atoms with Gasteiger partial charge in [-0.2, -0.15) is 5.26 Å². The molecule has 2 rings (SSSR count). The number of anilines is 1. The normalized spacial score (nSPS) is 11.2. The van der Waals surface area contributed by atoms with Gasteiger partial charge < -0.3 is 14.8 Å². The van der Waals surface area contributed by atoms with E-state index in [-0.39, 0.29) is 11.7 Å². The van der Waals surface area contributed by atoms with Gasteiger partial charge in [-0.05, 0) is 78.7 Å². The van der Waals surface area contributed by atoms with Crippen molar-refractivity contribution in [2.24, 2.45) is 0 Å². The summed E-state index contributed by atoms with van der Waals surface area (Å²) in [6, 6.07) is 10.1. The Morgan fingerprint density at radius 3 is 2.59 bits per heavy atom. The quantitative estimate of drug-likeness (QED) is 0.350. The minimum Gasteiger partial charge on any atom is -0.490 e. The molecule has 5 nitrogen and oxygen atoms in total. The molecule has 0 spiro atoms. The molecule has 8 heteroatoms. The molecule has 0 bridgehead atoms. The Morgan fingerprint density at radius 2 is 2.00 bits per heavy atom. The van der Waals surface area contributed by atoms with Crippen LogP contribution in [0.25, 0.3) is 6.08 Å². The summed E-state index contributed by atoms with van der Waals surface area (Å²) in [4.78, 5) is 12.5. The Balaban J connectivity index is 2.34. The van der Waals surface area contributed by atoms with Crippen LogP contribution in [0, 0.1) is 11.3 Å². The molecule has 0 aliphatic rings. The number of nitriles is 1. The van der Waals surface area contributed by atoms with E-state index in [2.05, 4.69) is 21.2 Å². The topological polar surface area (TPSA) is 71.3 Å². The minimum absolute atomic E-state index is 0.0430. The van der Waals surface area contributed by atoms with Gasteiger partial charge in [-0.25, -0.2) is 0 Å². The Morgan fingerprint density at radius 1 is 1.28 bits per heavy atom. The van der Waals surface area contributed by atoms with Gasteiger partial charge in [0.25, 0.3) is 5.91 Å². The first kappa shape index (κ1) is 23.1. The fourth-order valence-electron chi connectivity index (χ4n) is 2.37. The van der Waals surface area contributed by atoms with Crippen molar-refractivity contribution < 1.29 is 14.3 Å². The lowest BCUT2D eigenvalue weighted by Crippen LogP contribution is -2.13. The van der Waals surface area contributed by atoms with Gasteiger partial charge >= 0.3 is 0 Å². The average Bonchev–Trinajstić information content (AvgIpc) is 2.65. The molecular formula is C21H19BrCl2N2O3. The maximum atomic E-state index is 12.5. The lowest BCUT2D eigenvalue weighted by molar-refractivity contribution is -0.112. The fraction of sp³-hybridized carbons (Fsp3) is 0.238. The monoisotopic (exact) mass is 496 g/mol. The van der Waals surface area contributed by atoms with Gasteiger partial charge in [-0.15, -0.1) is 0 Å².